The maximum absolute atomic E-state index is 13.8. The number of rotatable bonds is 8. The van der Waals surface area contributed by atoms with Gasteiger partial charge in [-0.2, -0.15) is 0 Å². The Kier molecular flexibility index (Phi) is 8.96. The highest BCUT2D eigenvalue weighted by molar-refractivity contribution is 5.90. The summed E-state index contributed by atoms with van der Waals surface area (Å²) in [6.07, 6.45) is -1.28. The van der Waals surface area contributed by atoms with Gasteiger partial charge in [0.25, 0.3) is 0 Å². The normalized spacial score (nSPS) is 32.3. The molecule has 1 aromatic carbocycles. The van der Waals surface area contributed by atoms with E-state index < -0.39 is 89.3 Å². The summed E-state index contributed by atoms with van der Waals surface area (Å²) in [4.78, 5) is 69.5. The second-order valence-electron chi connectivity index (χ2n) is 12.8. The van der Waals surface area contributed by atoms with Crippen molar-refractivity contribution in [1.29, 1.82) is 0 Å². The van der Waals surface area contributed by atoms with E-state index in [4.69, 9.17) is 28.4 Å². The minimum atomic E-state index is -1.72. The number of fused-ring (bicyclic) bond motifs is 1. The van der Waals surface area contributed by atoms with Crippen LogP contribution in [0.15, 0.2) is 54.9 Å². The van der Waals surface area contributed by atoms with Gasteiger partial charge in [-0.15, -0.1) is 0 Å². The second kappa shape index (κ2) is 12.5. The molecule has 2 bridgehead atoms. The van der Waals surface area contributed by atoms with Crippen molar-refractivity contribution >= 4 is 29.8 Å². The number of esters is 5. The average Bonchev–Trinajstić information content (AvgIpc) is 3.20. The van der Waals surface area contributed by atoms with Crippen LogP contribution in [0.5, 0.6) is 0 Å². The maximum atomic E-state index is 13.8. The number of pyridine rings is 1. The van der Waals surface area contributed by atoms with Gasteiger partial charge in [-0.3, -0.25) is 19.4 Å². The lowest BCUT2D eigenvalue weighted by Crippen LogP contribution is -2.79. The SMILES string of the molecule is CC(=O)OC1C2C(OC(=O)c3ccccc3)C3(OC2(C)C)C(C)CCC(OC(C)=O)C3(COC(=O)c2cccnc2)C1OC(C)=O. The van der Waals surface area contributed by atoms with Crippen molar-refractivity contribution in [2.45, 2.75) is 90.0 Å². The molecular weight excluding hydrogens is 598 g/mol. The summed E-state index contributed by atoms with van der Waals surface area (Å²) >= 11 is 0. The fourth-order valence-electron chi connectivity index (χ4n) is 7.97. The van der Waals surface area contributed by atoms with Gasteiger partial charge in [0.1, 0.15) is 35.9 Å². The third-order valence-corrected chi connectivity index (χ3v) is 9.53. The van der Waals surface area contributed by atoms with Gasteiger partial charge in [0.2, 0.25) is 0 Å². The molecule has 1 aromatic heterocycles. The van der Waals surface area contributed by atoms with E-state index in [0.29, 0.717) is 6.42 Å². The van der Waals surface area contributed by atoms with Crippen LogP contribution in [0.4, 0.5) is 0 Å². The zero-order valence-electron chi connectivity index (χ0n) is 26.7. The molecule has 3 fully saturated rings. The smallest absolute Gasteiger partial charge is 0.339 e. The molecule has 0 N–H and O–H groups in total. The molecule has 0 radical (unpaired) electrons. The largest absolute Gasteiger partial charge is 0.462 e. The van der Waals surface area contributed by atoms with Crippen LogP contribution in [0.1, 0.15) is 75.1 Å². The van der Waals surface area contributed by atoms with Gasteiger partial charge in [0, 0.05) is 33.2 Å². The zero-order chi connectivity index (χ0) is 33.4. The molecule has 2 aromatic rings. The fourth-order valence-corrected chi connectivity index (χ4v) is 7.97. The Morgan fingerprint density at radius 1 is 0.804 bits per heavy atom. The molecule has 2 saturated carbocycles. The lowest BCUT2D eigenvalue weighted by Gasteiger charge is -2.63. The lowest BCUT2D eigenvalue weighted by molar-refractivity contribution is -0.313. The summed E-state index contributed by atoms with van der Waals surface area (Å²) < 4.78 is 37.4. The van der Waals surface area contributed by atoms with E-state index in [1.165, 1.54) is 39.2 Å². The van der Waals surface area contributed by atoms with Gasteiger partial charge in [0.05, 0.1) is 22.6 Å². The highest BCUT2D eigenvalue weighted by atomic mass is 16.6. The molecule has 3 aliphatic rings. The second-order valence-corrected chi connectivity index (χ2v) is 12.8. The Hall–Kier alpha value is -4.32. The van der Waals surface area contributed by atoms with Crippen molar-refractivity contribution in [1.82, 2.24) is 4.98 Å². The first kappa shape index (κ1) is 33.1. The highest BCUT2D eigenvalue weighted by Gasteiger charge is 2.84. The summed E-state index contributed by atoms with van der Waals surface area (Å²) in [7, 11) is 0. The van der Waals surface area contributed by atoms with Crippen LogP contribution in [0.2, 0.25) is 0 Å². The minimum Gasteiger partial charge on any atom is -0.462 e. The third-order valence-electron chi connectivity index (χ3n) is 9.53. The highest BCUT2D eigenvalue weighted by Crippen LogP contribution is 2.68. The van der Waals surface area contributed by atoms with Crippen LogP contribution >= 0.6 is 0 Å². The van der Waals surface area contributed by atoms with Gasteiger partial charge in [-0.05, 0) is 56.9 Å². The van der Waals surface area contributed by atoms with Gasteiger partial charge >= 0.3 is 29.8 Å². The summed E-state index contributed by atoms with van der Waals surface area (Å²) in [6, 6.07) is 11.5. The van der Waals surface area contributed by atoms with E-state index in [9.17, 15) is 24.0 Å². The first-order chi connectivity index (χ1) is 21.7. The number of hydrogen-bond donors (Lipinski definition) is 0. The topological polar surface area (TPSA) is 154 Å². The Bertz CT molecular complexity index is 1490. The number of benzene rings is 1. The quantitative estimate of drug-likeness (QED) is 0.305. The van der Waals surface area contributed by atoms with E-state index in [1.807, 2.05) is 6.92 Å². The number of ether oxygens (including phenoxy) is 6. The molecule has 5 rings (SSSR count). The van der Waals surface area contributed by atoms with Gasteiger partial charge in [-0.25, -0.2) is 9.59 Å². The van der Waals surface area contributed by atoms with Crippen molar-refractivity contribution < 1.29 is 52.4 Å². The molecule has 12 nitrogen and oxygen atoms in total. The first-order valence-corrected chi connectivity index (χ1v) is 15.3. The van der Waals surface area contributed by atoms with Crippen molar-refractivity contribution in [3.8, 4) is 0 Å². The van der Waals surface area contributed by atoms with Crippen molar-refractivity contribution in [2.75, 3.05) is 6.61 Å². The van der Waals surface area contributed by atoms with Crippen molar-refractivity contribution in [3.63, 3.8) is 0 Å². The summed E-state index contributed by atoms with van der Waals surface area (Å²) in [6.45, 7) is 8.59. The Morgan fingerprint density at radius 3 is 2.07 bits per heavy atom. The summed E-state index contributed by atoms with van der Waals surface area (Å²) in [5.74, 6) is -4.74. The number of aromatic nitrogens is 1. The molecule has 46 heavy (non-hydrogen) atoms. The predicted octanol–water partition coefficient (Wildman–Crippen LogP) is 3.85. The van der Waals surface area contributed by atoms with E-state index in [1.54, 1.807) is 50.2 Å². The van der Waals surface area contributed by atoms with E-state index in [0.717, 1.165) is 0 Å². The molecule has 1 spiro atoms. The first-order valence-electron chi connectivity index (χ1n) is 15.3. The zero-order valence-corrected chi connectivity index (χ0v) is 26.7. The number of hydrogen-bond acceptors (Lipinski definition) is 12. The Labute approximate surface area is 267 Å². The predicted molar refractivity (Wildman–Crippen MR) is 159 cm³/mol. The number of carbonyl (C=O) groups excluding carboxylic acids is 5. The van der Waals surface area contributed by atoms with Gasteiger partial charge in [0.15, 0.2) is 6.10 Å². The van der Waals surface area contributed by atoms with Crippen LogP contribution in [0.25, 0.3) is 0 Å². The van der Waals surface area contributed by atoms with Gasteiger partial charge < -0.3 is 28.4 Å². The minimum absolute atomic E-state index is 0.148. The molecule has 0 amide bonds. The van der Waals surface area contributed by atoms with E-state index >= 15 is 0 Å². The fraction of sp³-hybridized carbons (Fsp3) is 0.529. The monoisotopic (exact) mass is 637 g/mol. The van der Waals surface area contributed by atoms with E-state index in [-0.39, 0.29) is 17.5 Å². The molecule has 8 unspecified atom stereocenters. The number of carbonyl (C=O) groups is 5. The Balaban J connectivity index is 1.77. The molecule has 12 heteroatoms. The molecule has 246 valence electrons. The van der Waals surface area contributed by atoms with Crippen LogP contribution < -0.4 is 0 Å². The third kappa shape index (κ3) is 5.52. The van der Waals surface area contributed by atoms with Crippen LogP contribution in [0.3, 0.4) is 0 Å². The molecule has 2 aliphatic carbocycles. The molecule has 1 aliphatic heterocycles. The van der Waals surface area contributed by atoms with Gasteiger partial charge in [-0.1, -0.05) is 25.1 Å². The summed E-state index contributed by atoms with van der Waals surface area (Å²) in [5, 5.41) is 0. The van der Waals surface area contributed by atoms with Crippen molar-refractivity contribution in [3.05, 3.63) is 66.0 Å². The molecule has 2 heterocycles. The summed E-state index contributed by atoms with van der Waals surface area (Å²) in [5.41, 5.74) is -4.01. The van der Waals surface area contributed by atoms with Crippen molar-refractivity contribution in [2.24, 2.45) is 17.3 Å². The molecular formula is C34H39NO11. The van der Waals surface area contributed by atoms with Crippen LogP contribution in [-0.4, -0.2) is 77.1 Å². The van der Waals surface area contributed by atoms with E-state index in [2.05, 4.69) is 4.98 Å². The maximum Gasteiger partial charge on any atom is 0.339 e. The lowest BCUT2D eigenvalue weighted by atomic mass is 9.47. The average molecular weight is 638 g/mol. The standard InChI is InChI=1S/C34H39NO11/c1-19-14-15-25(42-20(2)36)33(18-41-30(39)24-13-10-16-35-17-24)29(44-22(4)38)27(43-21(3)37)26-28(34(19,33)46-32(26,5)6)45-31(40)23-11-8-7-9-12-23/h7-13,16-17,19,25-29H,14-15,18H2,1-6H3. The molecule has 1 saturated heterocycles. The molecule has 8 atom stereocenters. The number of nitrogens with zero attached hydrogens (tertiary/aromatic N) is 1. The van der Waals surface area contributed by atoms with Crippen LogP contribution in [0, 0.1) is 17.3 Å². The van der Waals surface area contributed by atoms with Crippen LogP contribution in [-0.2, 0) is 42.8 Å². The Morgan fingerprint density at radius 2 is 1.46 bits per heavy atom.